The van der Waals surface area contributed by atoms with Gasteiger partial charge in [0, 0.05) is 50.1 Å². The highest BCUT2D eigenvalue weighted by Crippen LogP contribution is 2.43. The van der Waals surface area contributed by atoms with Gasteiger partial charge in [-0.1, -0.05) is 11.6 Å². The quantitative estimate of drug-likeness (QED) is 0.328. The predicted octanol–water partition coefficient (Wildman–Crippen LogP) is 0.567. The molecular formula is C19H31ClF3N5O. The van der Waals surface area contributed by atoms with E-state index >= 15 is 0 Å². The van der Waals surface area contributed by atoms with Crippen LogP contribution in [0.5, 0.6) is 0 Å². The number of rotatable bonds is 3. The van der Waals surface area contributed by atoms with E-state index in [-0.39, 0.29) is 36.6 Å². The number of aliphatic hydroxyl groups is 1. The van der Waals surface area contributed by atoms with Gasteiger partial charge in [-0.2, -0.15) is 13.2 Å². The molecule has 29 heavy (non-hydrogen) atoms. The number of hydrogen-bond donors (Lipinski definition) is 5. The maximum absolute atomic E-state index is 13.4. The number of alkyl halides is 4. The summed E-state index contributed by atoms with van der Waals surface area (Å²) in [4.78, 5) is 2.15. The van der Waals surface area contributed by atoms with E-state index in [2.05, 4.69) is 26.9 Å². The molecule has 6 nitrogen and oxygen atoms in total. The van der Waals surface area contributed by atoms with Crippen molar-refractivity contribution in [3.05, 3.63) is 11.6 Å². The van der Waals surface area contributed by atoms with Crippen LogP contribution in [0.3, 0.4) is 0 Å². The lowest BCUT2D eigenvalue weighted by molar-refractivity contribution is -0.185. The first-order valence-corrected chi connectivity index (χ1v) is 10.9. The highest BCUT2D eigenvalue weighted by atomic mass is 35.5. The topological polar surface area (TPSA) is 85.6 Å². The fraction of sp³-hybridized carbons (Fsp3) is 0.895. The zero-order valence-corrected chi connectivity index (χ0v) is 17.1. The van der Waals surface area contributed by atoms with Crippen LogP contribution in [0, 0.1) is 17.8 Å². The SMILES string of the molecule is N[C@@H]1CN(C2NC(C3CCC(Cl)C(C(F)(F)F)C3)NCC2C2=CCNC2)C[C@H]1O. The third-order valence-corrected chi connectivity index (χ3v) is 7.58. The molecule has 6 unspecified atom stereocenters. The molecule has 0 aromatic carbocycles. The van der Waals surface area contributed by atoms with Crippen LogP contribution in [-0.4, -0.2) is 78.8 Å². The zero-order valence-electron chi connectivity index (χ0n) is 16.3. The number of nitrogens with zero attached hydrogens (tertiary/aromatic N) is 1. The molecule has 4 rings (SSSR count). The molecular weight excluding hydrogens is 407 g/mol. The van der Waals surface area contributed by atoms with Gasteiger partial charge in [-0.05, 0) is 25.2 Å². The summed E-state index contributed by atoms with van der Waals surface area (Å²) in [5, 5.41) is 19.7. The summed E-state index contributed by atoms with van der Waals surface area (Å²) in [6.07, 6.45) is -1.88. The number of hydrogen-bond acceptors (Lipinski definition) is 6. The van der Waals surface area contributed by atoms with E-state index in [1.165, 1.54) is 5.57 Å². The van der Waals surface area contributed by atoms with Crippen LogP contribution in [0.1, 0.15) is 19.3 Å². The Kier molecular flexibility index (Phi) is 6.47. The minimum Gasteiger partial charge on any atom is -0.390 e. The van der Waals surface area contributed by atoms with E-state index in [0.717, 1.165) is 13.1 Å². The van der Waals surface area contributed by atoms with Crippen molar-refractivity contribution in [2.24, 2.45) is 23.5 Å². The van der Waals surface area contributed by atoms with Gasteiger partial charge in [0.1, 0.15) is 0 Å². The molecule has 0 aromatic rings. The van der Waals surface area contributed by atoms with Gasteiger partial charge in [0.05, 0.1) is 24.4 Å². The fourth-order valence-corrected chi connectivity index (χ4v) is 5.74. The molecule has 0 aromatic heterocycles. The lowest BCUT2D eigenvalue weighted by Gasteiger charge is -2.47. The molecule has 0 bridgehead atoms. The van der Waals surface area contributed by atoms with Crippen molar-refractivity contribution in [3.8, 4) is 0 Å². The Labute approximate surface area is 174 Å². The minimum absolute atomic E-state index is 0.0338. The molecule has 2 saturated heterocycles. The number of β-amino-alcohol motifs (C(OH)–C–C–N with tert-alkyl or cyclic N) is 1. The average molecular weight is 438 g/mol. The first kappa shape index (κ1) is 21.8. The van der Waals surface area contributed by atoms with E-state index in [1.807, 2.05) is 0 Å². The molecule has 4 aliphatic rings. The van der Waals surface area contributed by atoms with Crippen LogP contribution < -0.4 is 21.7 Å². The van der Waals surface area contributed by atoms with Crippen molar-refractivity contribution < 1.29 is 18.3 Å². The van der Waals surface area contributed by atoms with Crippen molar-refractivity contribution in [1.29, 1.82) is 0 Å². The van der Waals surface area contributed by atoms with Crippen molar-refractivity contribution in [2.75, 3.05) is 32.7 Å². The van der Waals surface area contributed by atoms with Crippen molar-refractivity contribution in [1.82, 2.24) is 20.9 Å². The molecule has 6 N–H and O–H groups in total. The molecule has 10 heteroatoms. The van der Waals surface area contributed by atoms with E-state index < -0.39 is 23.6 Å². The van der Waals surface area contributed by atoms with Crippen LogP contribution in [0.15, 0.2) is 11.6 Å². The van der Waals surface area contributed by atoms with Gasteiger partial charge in [-0.3, -0.25) is 10.2 Å². The molecule has 8 atom stereocenters. The molecule has 0 spiro atoms. The predicted molar refractivity (Wildman–Crippen MR) is 105 cm³/mol. The second kappa shape index (κ2) is 8.61. The smallest absolute Gasteiger partial charge is 0.390 e. The van der Waals surface area contributed by atoms with Crippen LogP contribution >= 0.6 is 11.6 Å². The Morgan fingerprint density at radius 3 is 2.66 bits per heavy atom. The Morgan fingerprint density at radius 2 is 2.03 bits per heavy atom. The van der Waals surface area contributed by atoms with E-state index in [4.69, 9.17) is 17.3 Å². The van der Waals surface area contributed by atoms with Gasteiger partial charge in [0.25, 0.3) is 0 Å². The average Bonchev–Trinajstić information content (AvgIpc) is 3.31. The van der Waals surface area contributed by atoms with Gasteiger partial charge < -0.3 is 21.5 Å². The Hall–Kier alpha value is -0.420. The summed E-state index contributed by atoms with van der Waals surface area (Å²) in [6.45, 7) is 3.38. The van der Waals surface area contributed by atoms with E-state index in [0.29, 0.717) is 32.5 Å². The standard InChI is InChI=1S/C19H31ClF3N5O/c20-14-2-1-10(5-13(14)19(21,22)23)17-26-7-12(11-3-4-25-6-11)18(27-17)28-8-15(24)16(29)9-28/h3,10,12-18,25-27,29H,1-2,4-9,24H2/t10?,12?,13?,14?,15-,16-,17?,18?/m1/s1. The molecule has 3 aliphatic heterocycles. The van der Waals surface area contributed by atoms with Crippen LogP contribution in [-0.2, 0) is 0 Å². The van der Waals surface area contributed by atoms with Gasteiger partial charge in [-0.25, -0.2) is 0 Å². The lowest BCUT2D eigenvalue weighted by Crippen LogP contribution is -2.67. The Balaban J connectivity index is 1.49. The van der Waals surface area contributed by atoms with Crippen molar-refractivity contribution in [3.63, 3.8) is 0 Å². The maximum Gasteiger partial charge on any atom is 0.393 e. The molecule has 1 aliphatic carbocycles. The van der Waals surface area contributed by atoms with Gasteiger partial charge >= 0.3 is 6.18 Å². The zero-order chi connectivity index (χ0) is 20.8. The van der Waals surface area contributed by atoms with Crippen LogP contribution in [0.4, 0.5) is 13.2 Å². The largest absolute Gasteiger partial charge is 0.393 e. The summed E-state index contributed by atoms with van der Waals surface area (Å²) in [7, 11) is 0. The maximum atomic E-state index is 13.4. The normalized spacial score (nSPS) is 44.8. The number of nitrogens with one attached hydrogen (secondary N) is 3. The summed E-state index contributed by atoms with van der Waals surface area (Å²) in [5.41, 5.74) is 7.32. The molecule has 3 fully saturated rings. The number of likely N-dealkylation sites (tertiary alicyclic amines) is 1. The summed E-state index contributed by atoms with van der Waals surface area (Å²) >= 11 is 6.02. The van der Waals surface area contributed by atoms with Crippen LogP contribution in [0.2, 0.25) is 0 Å². The molecule has 166 valence electrons. The van der Waals surface area contributed by atoms with E-state index in [1.54, 1.807) is 0 Å². The van der Waals surface area contributed by atoms with Crippen LogP contribution in [0.25, 0.3) is 0 Å². The monoisotopic (exact) mass is 437 g/mol. The summed E-state index contributed by atoms with van der Waals surface area (Å²) < 4.78 is 40.3. The van der Waals surface area contributed by atoms with Gasteiger partial charge in [-0.15, -0.1) is 11.6 Å². The first-order chi connectivity index (χ1) is 13.7. The number of halogens is 4. The second-order valence-electron chi connectivity index (χ2n) is 8.94. The molecule has 3 heterocycles. The highest BCUT2D eigenvalue weighted by Gasteiger charge is 2.50. The first-order valence-electron chi connectivity index (χ1n) is 10.5. The molecule has 0 radical (unpaired) electrons. The third kappa shape index (κ3) is 4.61. The molecule has 1 saturated carbocycles. The van der Waals surface area contributed by atoms with Gasteiger partial charge in [0.2, 0.25) is 0 Å². The lowest BCUT2D eigenvalue weighted by atomic mass is 9.78. The fourth-order valence-electron chi connectivity index (χ4n) is 5.37. The van der Waals surface area contributed by atoms with Crippen molar-refractivity contribution in [2.45, 2.75) is 55.3 Å². The number of aliphatic hydroxyl groups excluding tert-OH is 1. The molecule has 0 amide bonds. The Morgan fingerprint density at radius 1 is 1.24 bits per heavy atom. The summed E-state index contributed by atoms with van der Waals surface area (Å²) in [6, 6.07) is -0.303. The van der Waals surface area contributed by atoms with Gasteiger partial charge in [0.15, 0.2) is 0 Å². The Bertz CT molecular complexity index is 611. The summed E-state index contributed by atoms with van der Waals surface area (Å²) in [5.74, 6) is -1.43. The minimum atomic E-state index is -4.27. The second-order valence-corrected chi connectivity index (χ2v) is 9.50. The number of nitrogens with two attached hydrogens (primary N) is 1. The van der Waals surface area contributed by atoms with Crippen molar-refractivity contribution >= 4 is 11.6 Å². The third-order valence-electron chi connectivity index (χ3n) is 7.06. The highest BCUT2D eigenvalue weighted by molar-refractivity contribution is 6.20. The van der Waals surface area contributed by atoms with E-state index in [9.17, 15) is 18.3 Å².